The van der Waals surface area contributed by atoms with Gasteiger partial charge in [0.15, 0.2) is 11.5 Å². The second kappa shape index (κ2) is 8.16. The highest BCUT2D eigenvalue weighted by Gasteiger charge is 2.24. The lowest BCUT2D eigenvalue weighted by atomic mass is 9.94. The van der Waals surface area contributed by atoms with E-state index in [9.17, 15) is 9.90 Å². The number of methoxy groups -OCH3 is 1. The van der Waals surface area contributed by atoms with Crippen LogP contribution in [0.15, 0.2) is 46.6 Å². The number of benzene rings is 1. The molecule has 28 heavy (non-hydrogen) atoms. The first-order chi connectivity index (χ1) is 13.6. The molecule has 2 aromatic heterocycles. The van der Waals surface area contributed by atoms with Crippen LogP contribution in [0.4, 0.5) is 0 Å². The molecular weight excluding hydrogens is 374 g/mol. The van der Waals surface area contributed by atoms with E-state index in [1.165, 1.54) is 0 Å². The quantitative estimate of drug-likeness (QED) is 0.688. The number of aromatic amines is 1. The van der Waals surface area contributed by atoms with E-state index in [2.05, 4.69) is 9.88 Å². The smallest absolute Gasteiger partial charge is 0.251 e. The van der Waals surface area contributed by atoms with Crippen LogP contribution in [0.5, 0.6) is 11.5 Å². The Morgan fingerprint density at radius 3 is 3.04 bits per heavy atom. The van der Waals surface area contributed by atoms with Crippen molar-refractivity contribution in [3.63, 3.8) is 0 Å². The number of hydrogen-bond acceptors (Lipinski definition) is 6. The molecular formula is C21H23N3O3S. The Kier molecular flexibility index (Phi) is 5.45. The van der Waals surface area contributed by atoms with Gasteiger partial charge in [0.2, 0.25) is 0 Å². The highest BCUT2D eigenvalue weighted by molar-refractivity contribution is 7.13. The number of thiophene rings is 1. The predicted molar refractivity (Wildman–Crippen MR) is 110 cm³/mol. The van der Waals surface area contributed by atoms with Crippen molar-refractivity contribution in [2.45, 2.75) is 25.3 Å². The molecule has 0 radical (unpaired) electrons. The first-order valence-electron chi connectivity index (χ1n) is 9.36. The van der Waals surface area contributed by atoms with Crippen molar-refractivity contribution in [2.75, 3.05) is 20.2 Å². The third-order valence-electron chi connectivity index (χ3n) is 5.09. The lowest BCUT2D eigenvalue weighted by molar-refractivity contribution is 0.198. The fourth-order valence-corrected chi connectivity index (χ4v) is 4.40. The van der Waals surface area contributed by atoms with Crippen molar-refractivity contribution in [1.29, 1.82) is 0 Å². The second-order valence-corrected chi connectivity index (χ2v) is 8.02. The van der Waals surface area contributed by atoms with Crippen molar-refractivity contribution in [1.82, 2.24) is 14.9 Å². The molecule has 1 aliphatic rings. The molecule has 0 saturated carbocycles. The van der Waals surface area contributed by atoms with Gasteiger partial charge in [-0.1, -0.05) is 12.1 Å². The highest BCUT2D eigenvalue weighted by Crippen LogP contribution is 2.30. The maximum absolute atomic E-state index is 12.2. The van der Waals surface area contributed by atoms with E-state index < -0.39 is 0 Å². The molecule has 0 amide bonds. The van der Waals surface area contributed by atoms with Gasteiger partial charge < -0.3 is 14.8 Å². The van der Waals surface area contributed by atoms with Crippen LogP contribution in [0.2, 0.25) is 0 Å². The number of aromatic nitrogens is 2. The molecule has 3 heterocycles. The average Bonchev–Trinajstić information content (AvgIpc) is 3.24. The summed E-state index contributed by atoms with van der Waals surface area (Å²) in [4.78, 5) is 23.1. The maximum Gasteiger partial charge on any atom is 0.251 e. The number of rotatable bonds is 5. The number of hydrogen-bond donors (Lipinski definition) is 2. The SMILES string of the molecule is COc1cc(CN2CCCC(c3cc(=O)[nH]c(-c4cccs4)n3)C2)ccc1O. The third kappa shape index (κ3) is 4.10. The summed E-state index contributed by atoms with van der Waals surface area (Å²) >= 11 is 1.57. The monoisotopic (exact) mass is 397 g/mol. The molecule has 1 atom stereocenters. The topological polar surface area (TPSA) is 78.5 Å². The van der Waals surface area contributed by atoms with Gasteiger partial charge >= 0.3 is 0 Å². The number of H-pyrrole nitrogens is 1. The van der Waals surface area contributed by atoms with E-state index in [4.69, 9.17) is 9.72 Å². The van der Waals surface area contributed by atoms with E-state index in [0.29, 0.717) is 11.6 Å². The number of ether oxygens (including phenoxy) is 1. The van der Waals surface area contributed by atoms with Gasteiger partial charge in [-0.25, -0.2) is 4.98 Å². The summed E-state index contributed by atoms with van der Waals surface area (Å²) in [6.07, 6.45) is 2.08. The molecule has 1 unspecified atom stereocenters. The molecule has 1 fully saturated rings. The minimum atomic E-state index is -0.103. The Bertz CT molecular complexity index is 1000. The zero-order chi connectivity index (χ0) is 19.5. The fraction of sp³-hybridized carbons (Fsp3) is 0.333. The molecule has 2 N–H and O–H groups in total. The number of phenolic OH excluding ortho intramolecular Hbond substituents is 1. The lowest BCUT2D eigenvalue weighted by Gasteiger charge is -2.32. The minimum Gasteiger partial charge on any atom is -0.504 e. The summed E-state index contributed by atoms with van der Waals surface area (Å²) in [5.74, 6) is 1.52. The molecule has 1 aliphatic heterocycles. The van der Waals surface area contributed by atoms with Crippen LogP contribution in [-0.2, 0) is 6.54 Å². The van der Waals surface area contributed by atoms with Gasteiger partial charge in [0.25, 0.3) is 5.56 Å². The first-order valence-corrected chi connectivity index (χ1v) is 10.2. The maximum atomic E-state index is 12.2. The van der Waals surface area contributed by atoms with Crippen molar-refractivity contribution >= 4 is 11.3 Å². The van der Waals surface area contributed by atoms with Crippen LogP contribution in [0.3, 0.4) is 0 Å². The third-order valence-corrected chi connectivity index (χ3v) is 5.97. The van der Waals surface area contributed by atoms with Gasteiger partial charge in [-0.15, -0.1) is 11.3 Å². The zero-order valence-corrected chi connectivity index (χ0v) is 16.5. The Balaban J connectivity index is 1.52. The summed E-state index contributed by atoms with van der Waals surface area (Å²) in [5, 5.41) is 11.8. The number of piperidine rings is 1. The number of phenols is 1. The van der Waals surface area contributed by atoms with Crippen LogP contribution in [0, 0.1) is 0 Å². The number of aromatic hydroxyl groups is 1. The summed E-state index contributed by atoms with van der Waals surface area (Å²) in [6.45, 7) is 2.62. The molecule has 4 rings (SSSR count). The summed E-state index contributed by atoms with van der Waals surface area (Å²) in [7, 11) is 1.56. The van der Waals surface area contributed by atoms with E-state index in [0.717, 1.165) is 48.6 Å². The summed E-state index contributed by atoms with van der Waals surface area (Å²) < 4.78 is 5.21. The summed E-state index contributed by atoms with van der Waals surface area (Å²) in [6, 6.07) is 11.0. The van der Waals surface area contributed by atoms with Gasteiger partial charge in [0, 0.05) is 25.1 Å². The average molecular weight is 398 g/mol. The van der Waals surface area contributed by atoms with Crippen LogP contribution >= 0.6 is 11.3 Å². The van der Waals surface area contributed by atoms with Gasteiger partial charge in [-0.2, -0.15) is 0 Å². The van der Waals surface area contributed by atoms with E-state index >= 15 is 0 Å². The normalized spacial score (nSPS) is 17.5. The molecule has 0 bridgehead atoms. The zero-order valence-electron chi connectivity index (χ0n) is 15.7. The first kappa shape index (κ1) is 18.7. The molecule has 1 saturated heterocycles. The van der Waals surface area contributed by atoms with E-state index in [1.54, 1.807) is 30.6 Å². The predicted octanol–water partition coefficient (Wildman–Crippen LogP) is 3.59. The van der Waals surface area contributed by atoms with Gasteiger partial charge in [-0.05, 0) is 48.5 Å². The Morgan fingerprint density at radius 1 is 1.36 bits per heavy atom. The summed E-state index contributed by atoms with van der Waals surface area (Å²) in [5.41, 5.74) is 1.85. The molecule has 7 heteroatoms. The minimum absolute atomic E-state index is 0.103. The molecule has 146 valence electrons. The van der Waals surface area contributed by atoms with Crippen LogP contribution in [0.1, 0.15) is 30.0 Å². The largest absolute Gasteiger partial charge is 0.504 e. The van der Waals surface area contributed by atoms with Crippen molar-refractivity contribution < 1.29 is 9.84 Å². The molecule has 1 aromatic carbocycles. The standard InChI is InChI=1S/C21H23N3O3S/c1-27-18-10-14(6-7-17(18)25)12-24-8-2-4-15(13-24)16-11-20(26)23-21(22-16)19-5-3-9-28-19/h3,5-7,9-11,15,25H,2,4,8,12-13H2,1H3,(H,22,23,26). The van der Waals surface area contributed by atoms with Crippen molar-refractivity contribution in [3.8, 4) is 22.2 Å². The van der Waals surface area contributed by atoms with Crippen molar-refractivity contribution in [3.05, 3.63) is 63.4 Å². The van der Waals surface area contributed by atoms with Gasteiger partial charge in [-0.3, -0.25) is 9.69 Å². The number of nitrogens with one attached hydrogen (secondary N) is 1. The van der Waals surface area contributed by atoms with E-state index in [1.807, 2.05) is 29.6 Å². The molecule has 0 aliphatic carbocycles. The lowest BCUT2D eigenvalue weighted by Crippen LogP contribution is -2.34. The highest BCUT2D eigenvalue weighted by atomic mass is 32.1. The molecule has 3 aromatic rings. The van der Waals surface area contributed by atoms with Crippen LogP contribution < -0.4 is 10.3 Å². The Hall–Kier alpha value is -2.64. The Morgan fingerprint density at radius 2 is 2.25 bits per heavy atom. The van der Waals surface area contributed by atoms with Gasteiger partial charge in [0.1, 0.15) is 5.82 Å². The van der Waals surface area contributed by atoms with Crippen LogP contribution in [-0.4, -0.2) is 40.2 Å². The van der Waals surface area contributed by atoms with Gasteiger partial charge in [0.05, 0.1) is 17.7 Å². The molecule has 0 spiro atoms. The number of likely N-dealkylation sites (tertiary alicyclic amines) is 1. The Labute approximate surface area is 167 Å². The fourth-order valence-electron chi connectivity index (χ4n) is 3.73. The second-order valence-electron chi connectivity index (χ2n) is 7.08. The molecule has 6 nitrogen and oxygen atoms in total. The number of nitrogens with zero attached hydrogens (tertiary/aromatic N) is 2. The van der Waals surface area contributed by atoms with Crippen LogP contribution in [0.25, 0.3) is 10.7 Å². The van der Waals surface area contributed by atoms with Crippen molar-refractivity contribution in [2.24, 2.45) is 0 Å². The van der Waals surface area contributed by atoms with E-state index in [-0.39, 0.29) is 17.2 Å².